The Morgan fingerprint density at radius 3 is 2.33 bits per heavy atom. The Morgan fingerprint density at radius 2 is 1.71 bits per heavy atom. The van der Waals surface area contributed by atoms with Gasteiger partial charge in [-0.25, -0.2) is 0 Å². The molecule has 2 aromatic carbocycles. The van der Waals surface area contributed by atoms with Gasteiger partial charge in [-0.05, 0) is 56.7 Å². The van der Waals surface area contributed by atoms with Crippen molar-refractivity contribution < 1.29 is 0 Å². The Balaban J connectivity index is 2.08. The van der Waals surface area contributed by atoms with Gasteiger partial charge in [0, 0.05) is 30.8 Å². The van der Waals surface area contributed by atoms with Gasteiger partial charge in [0.25, 0.3) is 0 Å². The summed E-state index contributed by atoms with van der Waals surface area (Å²) < 4.78 is 2.26. The first kappa shape index (κ1) is 17.1. The monoisotopic (exact) mass is 427 g/mol. The maximum Gasteiger partial charge on any atom is 0.0231 e. The van der Waals surface area contributed by atoms with E-state index in [0.717, 1.165) is 15.5 Å². The first-order valence-electron chi connectivity index (χ1n) is 6.80. The first-order valence-corrected chi connectivity index (χ1v) is 9.21. The number of benzene rings is 2. The van der Waals surface area contributed by atoms with Crippen LogP contribution in [0.15, 0.2) is 61.2 Å². The third-order valence-electron chi connectivity index (χ3n) is 2.87. The van der Waals surface area contributed by atoms with Crippen LogP contribution in [0.1, 0.15) is 26.3 Å². The molecule has 0 aliphatic heterocycles. The Hall–Kier alpha value is -0.290. The van der Waals surface area contributed by atoms with Gasteiger partial charge >= 0.3 is 0 Å². The first-order chi connectivity index (χ1) is 9.83. The molecule has 0 spiro atoms. The molecule has 0 bridgehead atoms. The summed E-state index contributed by atoms with van der Waals surface area (Å²) in [6, 6.07) is 14.9. The lowest BCUT2D eigenvalue weighted by Gasteiger charge is -2.21. The highest BCUT2D eigenvalue weighted by molar-refractivity contribution is 9.10. The standard InChI is InChI=1S/C17H19Br2NS/c1-17(2,3)20-11-12-7-8-15(10-16(12)19)21-14-6-4-5-13(18)9-14/h4-10,20H,11H2,1-3H3. The van der Waals surface area contributed by atoms with Gasteiger partial charge in [0.2, 0.25) is 0 Å². The quantitative estimate of drug-likeness (QED) is 0.617. The van der Waals surface area contributed by atoms with Gasteiger partial charge in [-0.15, -0.1) is 0 Å². The highest BCUT2D eigenvalue weighted by atomic mass is 79.9. The minimum atomic E-state index is 0.128. The summed E-state index contributed by atoms with van der Waals surface area (Å²) in [7, 11) is 0. The zero-order valence-corrected chi connectivity index (χ0v) is 16.4. The second kappa shape index (κ2) is 7.32. The average Bonchev–Trinajstić information content (AvgIpc) is 2.36. The third kappa shape index (κ3) is 5.78. The molecule has 112 valence electrons. The van der Waals surface area contributed by atoms with Crippen molar-refractivity contribution in [2.24, 2.45) is 0 Å². The summed E-state index contributed by atoms with van der Waals surface area (Å²) in [5.74, 6) is 0. The van der Waals surface area contributed by atoms with Crippen LogP contribution in [-0.4, -0.2) is 5.54 Å². The van der Waals surface area contributed by atoms with Crippen molar-refractivity contribution in [1.82, 2.24) is 5.32 Å². The molecule has 1 N–H and O–H groups in total. The largest absolute Gasteiger partial charge is 0.308 e. The molecule has 1 nitrogen and oxygen atoms in total. The van der Waals surface area contributed by atoms with E-state index in [4.69, 9.17) is 0 Å². The van der Waals surface area contributed by atoms with Crippen molar-refractivity contribution in [2.45, 2.75) is 42.6 Å². The molecular formula is C17H19Br2NS. The van der Waals surface area contributed by atoms with Gasteiger partial charge in [-0.2, -0.15) is 0 Å². The molecule has 0 saturated carbocycles. The van der Waals surface area contributed by atoms with Crippen LogP contribution in [0.25, 0.3) is 0 Å². The molecule has 0 amide bonds. The predicted octanol–water partition coefficient (Wildman–Crippen LogP) is 6.25. The predicted molar refractivity (Wildman–Crippen MR) is 99.0 cm³/mol. The van der Waals surface area contributed by atoms with Crippen LogP contribution in [0.2, 0.25) is 0 Å². The zero-order valence-electron chi connectivity index (χ0n) is 12.4. The molecule has 0 atom stereocenters. The van der Waals surface area contributed by atoms with Crippen molar-refractivity contribution >= 4 is 43.6 Å². The van der Waals surface area contributed by atoms with E-state index in [9.17, 15) is 0 Å². The van der Waals surface area contributed by atoms with Gasteiger partial charge in [0.05, 0.1) is 0 Å². The van der Waals surface area contributed by atoms with Gasteiger partial charge in [-0.1, -0.05) is 55.8 Å². The van der Waals surface area contributed by atoms with Crippen molar-refractivity contribution in [1.29, 1.82) is 0 Å². The summed E-state index contributed by atoms with van der Waals surface area (Å²) in [5.41, 5.74) is 1.41. The van der Waals surface area contributed by atoms with Crippen LogP contribution in [-0.2, 0) is 6.54 Å². The smallest absolute Gasteiger partial charge is 0.0231 e. The molecule has 2 rings (SSSR count). The molecule has 0 saturated heterocycles. The van der Waals surface area contributed by atoms with Gasteiger partial charge in [0.15, 0.2) is 0 Å². The summed E-state index contributed by atoms with van der Waals surface area (Å²) in [5, 5.41) is 3.51. The second-order valence-corrected chi connectivity index (χ2v) is 8.83. The number of nitrogens with one attached hydrogen (secondary N) is 1. The fourth-order valence-corrected chi connectivity index (χ4v) is 3.90. The molecule has 0 unspecified atom stereocenters. The lowest BCUT2D eigenvalue weighted by Crippen LogP contribution is -2.35. The van der Waals surface area contributed by atoms with Gasteiger partial charge in [0.1, 0.15) is 0 Å². The summed E-state index contributed by atoms with van der Waals surface area (Å²) in [6.45, 7) is 7.40. The molecule has 2 aromatic rings. The number of halogens is 2. The normalized spacial score (nSPS) is 11.7. The maximum atomic E-state index is 3.68. The fraction of sp³-hybridized carbons (Fsp3) is 0.294. The van der Waals surface area contributed by atoms with Crippen molar-refractivity contribution in [3.05, 3.63) is 57.0 Å². The van der Waals surface area contributed by atoms with Crippen molar-refractivity contribution in [3.63, 3.8) is 0 Å². The van der Waals surface area contributed by atoms with Gasteiger partial charge in [-0.3, -0.25) is 0 Å². The fourth-order valence-electron chi connectivity index (χ4n) is 1.76. The van der Waals surface area contributed by atoms with E-state index in [0.29, 0.717) is 0 Å². The highest BCUT2D eigenvalue weighted by Crippen LogP contribution is 2.32. The van der Waals surface area contributed by atoms with E-state index in [-0.39, 0.29) is 5.54 Å². The molecule has 0 radical (unpaired) electrons. The summed E-state index contributed by atoms with van der Waals surface area (Å²) >= 11 is 8.96. The molecule has 0 aliphatic carbocycles. The van der Waals surface area contributed by atoms with Crippen LogP contribution < -0.4 is 5.32 Å². The maximum absolute atomic E-state index is 3.68. The van der Waals surface area contributed by atoms with Crippen LogP contribution in [0.4, 0.5) is 0 Å². The Bertz CT molecular complexity index is 620. The number of hydrogen-bond acceptors (Lipinski definition) is 2. The minimum Gasteiger partial charge on any atom is -0.308 e. The lowest BCUT2D eigenvalue weighted by molar-refractivity contribution is 0.424. The Kier molecular flexibility index (Phi) is 5.95. The summed E-state index contributed by atoms with van der Waals surface area (Å²) in [6.07, 6.45) is 0. The van der Waals surface area contributed by atoms with Crippen molar-refractivity contribution in [2.75, 3.05) is 0 Å². The molecular weight excluding hydrogens is 410 g/mol. The van der Waals surface area contributed by atoms with Crippen LogP contribution >= 0.6 is 43.6 Å². The van der Waals surface area contributed by atoms with E-state index in [1.165, 1.54) is 15.4 Å². The molecule has 0 aliphatic rings. The topological polar surface area (TPSA) is 12.0 Å². The van der Waals surface area contributed by atoms with E-state index in [1.807, 2.05) is 6.07 Å². The van der Waals surface area contributed by atoms with Gasteiger partial charge < -0.3 is 5.32 Å². The van der Waals surface area contributed by atoms with E-state index < -0.39 is 0 Å². The minimum absolute atomic E-state index is 0.128. The highest BCUT2D eigenvalue weighted by Gasteiger charge is 2.10. The zero-order chi connectivity index (χ0) is 15.5. The second-order valence-electron chi connectivity index (χ2n) is 5.92. The average molecular weight is 429 g/mol. The van der Waals surface area contributed by atoms with E-state index in [2.05, 4.69) is 94.3 Å². The van der Waals surface area contributed by atoms with Crippen LogP contribution in [0.5, 0.6) is 0 Å². The molecule has 0 heterocycles. The third-order valence-corrected chi connectivity index (χ3v) is 5.08. The lowest BCUT2D eigenvalue weighted by atomic mass is 10.1. The SMILES string of the molecule is CC(C)(C)NCc1ccc(Sc2cccc(Br)c2)cc1Br. The summed E-state index contributed by atoms with van der Waals surface area (Å²) in [4.78, 5) is 2.47. The number of hydrogen-bond donors (Lipinski definition) is 1. The number of rotatable bonds is 4. The van der Waals surface area contributed by atoms with Crippen LogP contribution in [0, 0.1) is 0 Å². The van der Waals surface area contributed by atoms with Crippen LogP contribution in [0.3, 0.4) is 0 Å². The van der Waals surface area contributed by atoms with Crippen molar-refractivity contribution in [3.8, 4) is 0 Å². The Morgan fingerprint density at radius 1 is 1.00 bits per heavy atom. The molecule has 0 fully saturated rings. The van der Waals surface area contributed by atoms with E-state index >= 15 is 0 Å². The molecule has 0 aromatic heterocycles. The Labute approximate surface area is 148 Å². The molecule has 21 heavy (non-hydrogen) atoms. The van der Waals surface area contributed by atoms with E-state index in [1.54, 1.807) is 11.8 Å². The molecule has 4 heteroatoms.